The molecule has 3 aromatic rings. The number of nitrogens with one attached hydrogen (secondary N) is 2. The van der Waals surface area contributed by atoms with Crippen LogP contribution in [0.4, 0.5) is 10.7 Å². The monoisotopic (exact) mass is 549 g/mol. The van der Waals surface area contributed by atoms with Crippen molar-refractivity contribution in [2.45, 2.75) is 44.0 Å². The minimum atomic E-state index is -1.22. The first kappa shape index (κ1) is 25.3. The van der Waals surface area contributed by atoms with Crippen molar-refractivity contribution in [3.8, 4) is 0 Å². The number of β-amino-alcohol motifs (C(OH)–C–C–N with tert-alkyl or cyclic N) is 1. The molecule has 12 nitrogen and oxygen atoms in total. The lowest BCUT2D eigenvalue weighted by Crippen LogP contribution is -2.49. The fourth-order valence-corrected chi connectivity index (χ4v) is 5.29. The van der Waals surface area contributed by atoms with Crippen molar-refractivity contribution in [2.75, 3.05) is 25.0 Å². The van der Waals surface area contributed by atoms with Crippen LogP contribution in [0.3, 0.4) is 0 Å². The van der Waals surface area contributed by atoms with Crippen LogP contribution in [0.25, 0.3) is 11.0 Å². The van der Waals surface area contributed by atoms with Gasteiger partial charge in [-0.2, -0.15) is 5.10 Å². The van der Waals surface area contributed by atoms with Gasteiger partial charge in [0.05, 0.1) is 34.9 Å². The van der Waals surface area contributed by atoms with Crippen LogP contribution in [-0.2, 0) is 11.3 Å². The van der Waals surface area contributed by atoms with E-state index in [4.69, 9.17) is 23.2 Å². The average molecular weight is 550 g/mol. The highest BCUT2D eigenvalue weighted by Crippen LogP contribution is 2.28. The predicted molar refractivity (Wildman–Crippen MR) is 136 cm³/mol. The minimum Gasteiger partial charge on any atom is -0.465 e. The van der Waals surface area contributed by atoms with E-state index in [9.17, 15) is 24.6 Å². The maximum absolute atomic E-state index is 13.0. The fourth-order valence-electron chi connectivity index (χ4n) is 4.97. The minimum absolute atomic E-state index is 0.0679. The summed E-state index contributed by atoms with van der Waals surface area (Å²) in [7, 11) is 0. The molecule has 14 heteroatoms. The third kappa shape index (κ3) is 5.09. The third-order valence-electron chi connectivity index (χ3n) is 6.83. The highest BCUT2D eigenvalue weighted by atomic mass is 35.5. The van der Waals surface area contributed by atoms with Gasteiger partial charge in [0.25, 0.3) is 5.56 Å². The molecule has 4 heterocycles. The first-order valence-corrected chi connectivity index (χ1v) is 12.6. The number of anilines is 1. The number of carbonyl (C=O) groups is 2. The van der Waals surface area contributed by atoms with Crippen LogP contribution in [0.15, 0.2) is 29.2 Å². The van der Waals surface area contributed by atoms with E-state index >= 15 is 0 Å². The van der Waals surface area contributed by atoms with Crippen molar-refractivity contribution in [3.05, 3.63) is 50.4 Å². The van der Waals surface area contributed by atoms with Gasteiger partial charge in [-0.05, 0) is 30.5 Å². The van der Waals surface area contributed by atoms with E-state index in [1.807, 2.05) is 6.07 Å². The van der Waals surface area contributed by atoms with Gasteiger partial charge in [0, 0.05) is 26.1 Å². The number of rotatable bonds is 5. The summed E-state index contributed by atoms with van der Waals surface area (Å²) in [5.41, 5.74) is 1.32. The summed E-state index contributed by atoms with van der Waals surface area (Å²) >= 11 is 12.0. The van der Waals surface area contributed by atoms with Crippen molar-refractivity contribution >= 4 is 52.2 Å². The smallest absolute Gasteiger partial charge is 0.408 e. The summed E-state index contributed by atoms with van der Waals surface area (Å²) < 4.78 is 1.65. The average Bonchev–Trinajstić information content (AvgIpc) is 3.48. The lowest BCUT2D eigenvalue weighted by atomic mass is 10.0. The van der Waals surface area contributed by atoms with Gasteiger partial charge in [-0.25, -0.2) is 9.78 Å². The van der Waals surface area contributed by atoms with Gasteiger partial charge in [-0.1, -0.05) is 29.3 Å². The number of likely N-dealkylation sites (tertiary alicyclic amines) is 2. The summed E-state index contributed by atoms with van der Waals surface area (Å²) in [6, 6.07) is 4.25. The van der Waals surface area contributed by atoms with Crippen LogP contribution >= 0.6 is 23.2 Å². The number of piperidine rings is 1. The van der Waals surface area contributed by atoms with Crippen molar-refractivity contribution in [1.82, 2.24) is 29.5 Å². The molecule has 2 saturated heterocycles. The summed E-state index contributed by atoms with van der Waals surface area (Å²) in [6.07, 6.45) is 0.656. The highest BCUT2D eigenvalue weighted by molar-refractivity contribution is 6.42. The van der Waals surface area contributed by atoms with Crippen LogP contribution < -0.4 is 10.9 Å². The van der Waals surface area contributed by atoms with Crippen molar-refractivity contribution < 1.29 is 19.8 Å². The number of aromatic nitrogens is 4. The molecule has 2 atom stereocenters. The largest absolute Gasteiger partial charge is 0.465 e. The molecule has 0 bridgehead atoms. The topological polar surface area (TPSA) is 157 Å². The lowest BCUT2D eigenvalue weighted by molar-refractivity contribution is -0.136. The summed E-state index contributed by atoms with van der Waals surface area (Å²) in [5.74, 6) is -0.00907. The summed E-state index contributed by atoms with van der Waals surface area (Å²) in [4.78, 5) is 47.2. The normalized spacial score (nSPS) is 20.5. The van der Waals surface area contributed by atoms with Crippen LogP contribution in [0.1, 0.15) is 30.9 Å². The third-order valence-corrected chi connectivity index (χ3v) is 7.57. The number of amides is 2. The molecule has 0 spiro atoms. The Morgan fingerprint density at radius 1 is 1.19 bits per heavy atom. The van der Waals surface area contributed by atoms with E-state index in [2.05, 4.69) is 20.4 Å². The van der Waals surface area contributed by atoms with Crippen LogP contribution in [0, 0.1) is 0 Å². The van der Waals surface area contributed by atoms with E-state index in [1.54, 1.807) is 21.7 Å². The molecule has 37 heavy (non-hydrogen) atoms. The highest BCUT2D eigenvalue weighted by Gasteiger charge is 2.41. The number of carboxylic acid groups (broad SMARTS) is 1. The number of benzene rings is 1. The zero-order valence-corrected chi connectivity index (χ0v) is 21.1. The molecule has 2 aromatic heterocycles. The van der Waals surface area contributed by atoms with E-state index in [0.29, 0.717) is 59.5 Å². The maximum atomic E-state index is 13.0. The van der Waals surface area contributed by atoms with Gasteiger partial charge in [-0.3, -0.25) is 24.2 Å². The summed E-state index contributed by atoms with van der Waals surface area (Å²) in [5, 5.41) is 27.6. The molecular weight excluding hydrogens is 525 g/mol. The lowest BCUT2D eigenvalue weighted by Gasteiger charge is -2.35. The quantitative estimate of drug-likeness (QED) is 0.377. The molecule has 0 saturated carbocycles. The van der Waals surface area contributed by atoms with Gasteiger partial charge in [-0.15, -0.1) is 0 Å². The predicted octanol–water partition coefficient (Wildman–Crippen LogP) is 2.32. The van der Waals surface area contributed by atoms with Crippen molar-refractivity contribution in [1.29, 1.82) is 0 Å². The van der Waals surface area contributed by atoms with Crippen molar-refractivity contribution in [3.63, 3.8) is 0 Å². The van der Waals surface area contributed by atoms with E-state index in [0.717, 1.165) is 10.5 Å². The zero-order valence-electron chi connectivity index (χ0n) is 19.6. The first-order chi connectivity index (χ1) is 17.7. The van der Waals surface area contributed by atoms with Gasteiger partial charge < -0.3 is 20.4 Å². The molecule has 2 aliphatic rings. The second-order valence-corrected chi connectivity index (χ2v) is 10.1. The molecule has 5 rings (SSSR count). The molecule has 1 aromatic carbocycles. The number of aliphatic hydroxyl groups excluding tert-OH is 1. The van der Waals surface area contributed by atoms with Crippen LogP contribution in [-0.4, -0.2) is 83.5 Å². The molecule has 2 fully saturated rings. The Morgan fingerprint density at radius 2 is 1.95 bits per heavy atom. The number of hydrogen-bond acceptors (Lipinski definition) is 7. The number of H-pyrrole nitrogens is 1. The van der Waals surface area contributed by atoms with E-state index in [1.165, 1.54) is 6.20 Å². The second-order valence-electron chi connectivity index (χ2n) is 9.24. The number of fused-ring (bicyclic) bond motifs is 1. The number of aromatic amines is 1. The first-order valence-electron chi connectivity index (χ1n) is 11.8. The molecule has 2 aliphatic heterocycles. The Morgan fingerprint density at radius 3 is 2.65 bits per heavy atom. The number of aliphatic hydroxyl groups is 1. The fraction of sp³-hybridized carbons (Fsp3) is 0.435. The second kappa shape index (κ2) is 10.2. The molecule has 4 N–H and O–H groups in total. The summed E-state index contributed by atoms with van der Waals surface area (Å²) in [6.45, 7) is 1.09. The van der Waals surface area contributed by atoms with Crippen LogP contribution in [0.5, 0.6) is 0 Å². The SMILES string of the molecule is O=C(C1CC(O)CN1C(=O)O)N1CCC(n2ncc3nc(NCc4ccc(Cl)c(Cl)c4)[nH]c(=O)c32)CC1. The van der Waals surface area contributed by atoms with Gasteiger partial charge in [0.2, 0.25) is 11.9 Å². The van der Waals surface area contributed by atoms with Gasteiger partial charge in [0.15, 0.2) is 5.52 Å². The Kier molecular flexibility index (Phi) is 6.97. The Balaban J connectivity index is 1.25. The number of carbonyl (C=O) groups excluding carboxylic acids is 1. The molecule has 196 valence electrons. The number of hydrogen-bond donors (Lipinski definition) is 4. The molecular formula is C23H25Cl2N7O5. The van der Waals surface area contributed by atoms with Gasteiger partial charge in [0.1, 0.15) is 11.6 Å². The molecule has 0 radical (unpaired) electrons. The van der Waals surface area contributed by atoms with E-state index < -0.39 is 18.2 Å². The Bertz CT molecular complexity index is 1400. The van der Waals surface area contributed by atoms with Gasteiger partial charge >= 0.3 is 6.09 Å². The van der Waals surface area contributed by atoms with Crippen LogP contribution in [0.2, 0.25) is 10.0 Å². The molecule has 2 amide bonds. The zero-order chi connectivity index (χ0) is 26.3. The maximum Gasteiger partial charge on any atom is 0.408 e. The Hall–Kier alpha value is -3.35. The molecule has 0 aliphatic carbocycles. The van der Waals surface area contributed by atoms with Crippen molar-refractivity contribution in [2.24, 2.45) is 0 Å². The standard InChI is InChI=1S/C23H25Cl2N7O5/c24-15-2-1-12(7-16(15)25)9-26-22-28-17-10-27-32(19(17)20(34)29-22)13-3-5-30(6-4-13)21(35)18-8-14(33)11-31(18)23(36)37/h1-2,7,10,13-14,18,33H,3-6,8-9,11H2,(H,36,37)(H2,26,28,29,34). The Labute approximate surface area is 220 Å². The van der Waals surface area contributed by atoms with E-state index in [-0.39, 0.29) is 30.5 Å². The molecule has 2 unspecified atom stereocenters. The number of nitrogens with zero attached hydrogens (tertiary/aromatic N) is 5. The number of halogens is 2.